The van der Waals surface area contributed by atoms with Gasteiger partial charge in [0.2, 0.25) is 0 Å². The average Bonchev–Trinajstić information content (AvgIpc) is 2.64. The summed E-state index contributed by atoms with van der Waals surface area (Å²) in [6.45, 7) is 1.77. The molecule has 6 nitrogen and oxygen atoms in total. The predicted octanol–water partition coefficient (Wildman–Crippen LogP) is 3.38. The van der Waals surface area contributed by atoms with Gasteiger partial charge in [-0.15, -0.1) is 0 Å². The van der Waals surface area contributed by atoms with Crippen LogP contribution in [0.2, 0.25) is 5.02 Å². The summed E-state index contributed by atoms with van der Waals surface area (Å²) in [6, 6.07) is 10.6. The van der Waals surface area contributed by atoms with Gasteiger partial charge in [-0.1, -0.05) is 18.5 Å². The molecule has 2 aromatic rings. The van der Waals surface area contributed by atoms with Crippen LogP contribution in [-0.4, -0.2) is 29.4 Å². The SMILES string of the molecule is CCc1cc(Cl)cc(C(Nc2ccc(C#N)cc2)C(=O)O)c1OCCO. The quantitative estimate of drug-likeness (QED) is 0.654. The first-order valence-electron chi connectivity index (χ1n) is 8.05. The van der Waals surface area contributed by atoms with E-state index in [4.69, 9.17) is 26.7 Å². The van der Waals surface area contributed by atoms with Crippen molar-refractivity contribution >= 4 is 23.3 Å². The summed E-state index contributed by atoms with van der Waals surface area (Å²) < 4.78 is 5.61. The van der Waals surface area contributed by atoms with Crippen molar-refractivity contribution in [2.75, 3.05) is 18.5 Å². The van der Waals surface area contributed by atoms with E-state index in [-0.39, 0.29) is 13.2 Å². The molecule has 0 aromatic heterocycles. The van der Waals surface area contributed by atoms with Crippen LogP contribution in [0.3, 0.4) is 0 Å². The maximum absolute atomic E-state index is 11.9. The van der Waals surface area contributed by atoms with Crippen molar-refractivity contribution in [1.29, 1.82) is 5.26 Å². The molecule has 0 spiro atoms. The second-order valence-corrected chi connectivity index (χ2v) is 5.95. The van der Waals surface area contributed by atoms with Crippen LogP contribution >= 0.6 is 11.6 Å². The minimum Gasteiger partial charge on any atom is -0.491 e. The molecular formula is C19H19ClN2O4. The van der Waals surface area contributed by atoms with Crippen LogP contribution in [0.5, 0.6) is 5.75 Å². The summed E-state index contributed by atoms with van der Waals surface area (Å²) in [7, 11) is 0. The number of carbonyl (C=O) groups is 1. The molecule has 0 saturated carbocycles. The third-order valence-electron chi connectivity index (χ3n) is 3.76. The highest BCUT2D eigenvalue weighted by atomic mass is 35.5. The van der Waals surface area contributed by atoms with Crippen LogP contribution in [0, 0.1) is 11.3 Å². The molecular weight excluding hydrogens is 356 g/mol. The number of aliphatic hydroxyl groups is 1. The molecule has 1 unspecified atom stereocenters. The van der Waals surface area contributed by atoms with Crippen LogP contribution in [0.15, 0.2) is 36.4 Å². The molecule has 0 heterocycles. The molecule has 0 fully saturated rings. The number of aliphatic hydroxyl groups excluding tert-OH is 1. The minimum absolute atomic E-state index is 0.0465. The summed E-state index contributed by atoms with van der Waals surface area (Å²) in [5, 5.41) is 31.0. The Morgan fingerprint density at radius 2 is 2.04 bits per heavy atom. The molecule has 26 heavy (non-hydrogen) atoms. The number of halogens is 1. The van der Waals surface area contributed by atoms with Gasteiger partial charge in [0.15, 0.2) is 6.04 Å². The van der Waals surface area contributed by atoms with E-state index in [0.717, 1.165) is 5.56 Å². The standard InChI is InChI=1S/C19H19ClN2O4/c1-2-13-9-14(20)10-16(18(13)26-8-7-23)17(19(24)25)22-15-5-3-12(11-21)4-6-15/h3-6,9-10,17,22-23H,2,7-8H2,1H3,(H,24,25). The van der Waals surface area contributed by atoms with Crippen LogP contribution in [0.1, 0.15) is 29.7 Å². The van der Waals surface area contributed by atoms with Gasteiger partial charge in [0.25, 0.3) is 0 Å². The Balaban J connectivity index is 2.46. The number of aliphatic carboxylic acids is 1. The molecule has 2 aromatic carbocycles. The maximum Gasteiger partial charge on any atom is 0.330 e. The van der Waals surface area contributed by atoms with Gasteiger partial charge in [0.1, 0.15) is 12.4 Å². The summed E-state index contributed by atoms with van der Waals surface area (Å²) >= 11 is 6.16. The molecule has 0 saturated heterocycles. The van der Waals surface area contributed by atoms with Gasteiger partial charge in [-0.2, -0.15) is 5.26 Å². The molecule has 2 rings (SSSR count). The van der Waals surface area contributed by atoms with Crippen LogP contribution in [0.25, 0.3) is 0 Å². The molecule has 0 aliphatic carbocycles. The van der Waals surface area contributed by atoms with Crippen LogP contribution in [-0.2, 0) is 11.2 Å². The van der Waals surface area contributed by atoms with Crippen molar-refractivity contribution in [3.63, 3.8) is 0 Å². The van der Waals surface area contributed by atoms with E-state index < -0.39 is 12.0 Å². The Morgan fingerprint density at radius 3 is 2.58 bits per heavy atom. The predicted molar refractivity (Wildman–Crippen MR) is 98.6 cm³/mol. The van der Waals surface area contributed by atoms with E-state index in [1.54, 1.807) is 36.4 Å². The minimum atomic E-state index is -1.11. The first-order valence-corrected chi connectivity index (χ1v) is 8.43. The van der Waals surface area contributed by atoms with Gasteiger partial charge in [-0.25, -0.2) is 4.79 Å². The fourth-order valence-corrected chi connectivity index (χ4v) is 2.80. The molecule has 0 aliphatic rings. The van der Waals surface area contributed by atoms with Crippen molar-refractivity contribution in [1.82, 2.24) is 0 Å². The number of hydrogen-bond acceptors (Lipinski definition) is 5. The lowest BCUT2D eigenvalue weighted by atomic mass is 10.00. The fraction of sp³-hybridized carbons (Fsp3) is 0.263. The lowest BCUT2D eigenvalue weighted by molar-refractivity contribution is -0.138. The van der Waals surface area contributed by atoms with Crippen molar-refractivity contribution in [3.05, 3.63) is 58.1 Å². The number of carboxylic acid groups (broad SMARTS) is 1. The summed E-state index contributed by atoms with van der Waals surface area (Å²) in [6.07, 6.45) is 0.595. The largest absolute Gasteiger partial charge is 0.491 e. The van der Waals surface area contributed by atoms with Crippen LogP contribution in [0.4, 0.5) is 5.69 Å². The molecule has 0 bridgehead atoms. The summed E-state index contributed by atoms with van der Waals surface area (Å²) in [5.41, 5.74) is 2.15. The highest BCUT2D eigenvalue weighted by Crippen LogP contribution is 2.35. The third kappa shape index (κ3) is 4.66. The van der Waals surface area contributed by atoms with Crippen molar-refractivity contribution in [3.8, 4) is 11.8 Å². The van der Waals surface area contributed by atoms with E-state index in [9.17, 15) is 9.90 Å². The number of aryl methyl sites for hydroxylation is 1. The molecule has 0 amide bonds. The molecule has 136 valence electrons. The number of hydrogen-bond donors (Lipinski definition) is 3. The topological polar surface area (TPSA) is 103 Å². The fourth-order valence-electron chi connectivity index (χ4n) is 2.55. The normalized spacial score (nSPS) is 11.5. The second-order valence-electron chi connectivity index (χ2n) is 5.51. The lowest BCUT2D eigenvalue weighted by Gasteiger charge is -2.22. The van der Waals surface area contributed by atoms with Gasteiger partial charge >= 0.3 is 5.97 Å². The van der Waals surface area contributed by atoms with Crippen molar-refractivity contribution in [2.24, 2.45) is 0 Å². The van der Waals surface area contributed by atoms with Gasteiger partial charge < -0.3 is 20.3 Å². The number of nitrogens with one attached hydrogen (secondary N) is 1. The molecule has 1 atom stereocenters. The molecule has 7 heteroatoms. The van der Waals surface area contributed by atoms with Gasteiger partial charge in [-0.05, 0) is 48.4 Å². The first kappa shape index (κ1) is 19.6. The van der Waals surface area contributed by atoms with Gasteiger partial charge in [-0.3, -0.25) is 0 Å². The van der Waals surface area contributed by atoms with Crippen LogP contribution < -0.4 is 10.1 Å². The first-order chi connectivity index (χ1) is 12.5. The number of nitriles is 1. The molecule has 0 aliphatic heterocycles. The Labute approximate surface area is 156 Å². The number of ether oxygens (including phenoxy) is 1. The van der Waals surface area contributed by atoms with Crippen molar-refractivity contribution in [2.45, 2.75) is 19.4 Å². The highest BCUT2D eigenvalue weighted by Gasteiger charge is 2.26. The van der Waals surface area contributed by atoms with E-state index in [1.165, 1.54) is 0 Å². The molecule has 0 radical (unpaired) electrons. The van der Waals surface area contributed by atoms with E-state index in [0.29, 0.717) is 34.0 Å². The smallest absolute Gasteiger partial charge is 0.330 e. The Bertz CT molecular complexity index is 816. The number of rotatable bonds is 8. The molecule has 3 N–H and O–H groups in total. The summed E-state index contributed by atoms with van der Waals surface area (Å²) in [5.74, 6) is -0.702. The number of benzene rings is 2. The highest BCUT2D eigenvalue weighted by molar-refractivity contribution is 6.30. The second kappa shape index (κ2) is 9.09. The van der Waals surface area contributed by atoms with Crippen molar-refractivity contribution < 1.29 is 19.7 Å². The van der Waals surface area contributed by atoms with E-state index in [2.05, 4.69) is 5.32 Å². The van der Waals surface area contributed by atoms with Gasteiger partial charge in [0.05, 0.1) is 18.2 Å². The lowest BCUT2D eigenvalue weighted by Crippen LogP contribution is -2.22. The zero-order valence-electron chi connectivity index (χ0n) is 14.2. The third-order valence-corrected chi connectivity index (χ3v) is 3.98. The van der Waals surface area contributed by atoms with E-state index >= 15 is 0 Å². The Hall–Kier alpha value is -2.75. The zero-order valence-corrected chi connectivity index (χ0v) is 15.0. The maximum atomic E-state index is 11.9. The Kier molecular flexibility index (Phi) is 6.84. The number of nitrogens with zero attached hydrogens (tertiary/aromatic N) is 1. The monoisotopic (exact) mass is 374 g/mol. The van der Waals surface area contributed by atoms with Gasteiger partial charge in [0, 0.05) is 16.3 Å². The number of anilines is 1. The zero-order chi connectivity index (χ0) is 19.1. The Morgan fingerprint density at radius 1 is 1.35 bits per heavy atom. The summed E-state index contributed by atoms with van der Waals surface area (Å²) in [4.78, 5) is 11.9. The number of carboxylic acids is 1. The average molecular weight is 375 g/mol. The van der Waals surface area contributed by atoms with E-state index in [1.807, 2.05) is 13.0 Å².